The molecule has 0 radical (unpaired) electrons. The Morgan fingerprint density at radius 3 is 2.47 bits per heavy atom. The van der Waals surface area contributed by atoms with Crippen molar-refractivity contribution in [2.75, 3.05) is 7.11 Å². The van der Waals surface area contributed by atoms with Crippen LogP contribution in [0.3, 0.4) is 0 Å². The van der Waals surface area contributed by atoms with Crippen LogP contribution < -0.4 is 5.73 Å². The molecular weight excluding hydrogens is 265 g/mol. The van der Waals surface area contributed by atoms with Gasteiger partial charge >= 0.3 is 5.97 Å². The van der Waals surface area contributed by atoms with E-state index in [2.05, 4.69) is 4.74 Å². The average molecular weight is 274 g/mol. The van der Waals surface area contributed by atoms with Gasteiger partial charge in [-0.2, -0.15) is 0 Å². The third-order valence-electron chi connectivity index (χ3n) is 1.91. The summed E-state index contributed by atoms with van der Waals surface area (Å²) in [5.74, 6) is -1.22. The maximum atomic E-state index is 11.7. The van der Waals surface area contributed by atoms with Gasteiger partial charge in [-0.3, -0.25) is 4.79 Å². The van der Waals surface area contributed by atoms with Crippen LogP contribution in [0, 0.1) is 0 Å². The number of ketones is 1. The molecule has 0 spiro atoms. The first-order chi connectivity index (χ1) is 7.95. The highest BCUT2D eigenvalue weighted by Crippen LogP contribution is 2.22. The molecule has 0 amide bonds. The maximum Gasteiger partial charge on any atom is 0.354 e. The molecule has 1 aromatic carbocycles. The van der Waals surface area contributed by atoms with Gasteiger partial charge in [-0.1, -0.05) is 23.2 Å². The molecule has 0 aliphatic heterocycles. The third-order valence-corrected chi connectivity index (χ3v) is 2.65. The molecule has 1 aromatic rings. The SMILES string of the molecule is COC(=O)C(N)=CC(=O)c1ccc(Cl)c(Cl)c1. The molecule has 90 valence electrons. The minimum absolute atomic E-state index is 0.252. The van der Waals surface area contributed by atoms with Crippen molar-refractivity contribution in [3.63, 3.8) is 0 Å². The molecule has 4 nitrogen and oxygen atoms in total. The van der Waals surface area contributed by atoms with Crippen LogP contribution in [0.1, 0.15) is 10.4 Å². The van der Waals surface area contributed by atoms with E-state index in [-0.39, 0.29) is 16.3 Å². The van der Waals surface area contributed by atoms with Gasteiger partial charge in [-0.05, 0) is 18.2 Å². The zero-order valence-electron chi connectivity index (χ0n) is 8.87. The summed E-state index contributed by atoms with van der Waals surface area (Å²) >= 11 is 11.5. The minimum atomic E-state index is -0.765. The second-order valence-electron chi connectivity index (χ2n) is 3.08. The van der Waals surface area contributed by atoms with Gasteiger partial charge in [0.1, 0.15) is 5.70 Å². The van der Waals surface area contributed by atoms with E-state index in [0.717, 1.165) is 6.08 Å². The molecule has 0 saturated heterocycles. The number of rotatable bonds is 3. The number of benzene rings is 1. The zero-order chi connectivity index (χ0) is 13.0. The lowest BCUT2D eigenvalue weighted by Crippen LogP contribution is -2.14. The number of carbonyl (C=O) groups is 2. The second kappa shape index (κ2) is 5.70. The summed E-state index contributed by atoms with van der Waals surface area (Å²) in [6, 6.07) is 4.37. The predicted molar refractivity (Wildman–Crippen MR) is 65.1 cm³/mol. The first-order valence-electron chi connectivity index (χ1n) is 4.50. The van der Waals surface area contributed by atoms with Crippen molar-refractivity contribution in [1.29, 1.82) is 0 Å². The Hall–Kier alpha value is -1.52. The van der Waals surface area contributed by atoms with Crippen molar-refractivity contribution in [2.45, 2.75) is 0 Å². The molecule has 6 heteroatoms. The Bertz CT molecular complexity index is 497. The van der Waals surface area contributed by atoms with Gasteiger partial charge in [0.05, 0.1) is 17.2 Å². The summed E-state index contributed by atoms with van der Waals surface area (Å²) in [7, 11) is 1.17. The molecule has 0 heterocycles. The van der Waals surface area contributed by atoms with Crippen LogP contribution >= 0.6 is 23.2 Å². The van der Waals surface area contributed by atoms with Crippen LogP contribution in [0.4, 0.5) is 0 Å². The number of carbonyl (C=O) groups excluding carboxylic acids is 2. The highest BCUT2D eigenvalue weighted by molar-refractivity contribution is 6.42. The van der Waals surface area contributed by atoms with E-state index in [1.807, 2.05) is 0 Å². The monoisotopic (exact) mass is 273 g/mol. The quantitative estimate of drug-likeness (QED) is 0.521. The van der Waals surface area contributed by atoms with E-state index < -0.39 is 11.8 Å². The summed E-state index contributed by atoms with van der Waals surface area (Å²) < 4.78 is 4.36. The molecule has 0 aromatic heterocycles. The molecular formula is C11H9Cl2NO3. The predicted octanol–water partition coefficient (Wildman–Crippen LogP) is 2.19. The number of hydrogen-bond acceptors (Lipinski definition) is 4. The molecule has 0 saturated carbocycles. The van der Waals surface area contributed by atoms with Crippen LogP contribution in [0.15, 0.2) is 30.0 Å². The van der Waals surface area contributed by atoms with Crippen LogP contribution in [-0.4, -0.2) is 18.9 Å². The van der Waals surface area contributed by atoms with Crippen LogP contribution in [0.2, 0.25) is 10.0 Å². The fourth-order valence-electron chi connectivity index (χ4n) is 1.05. The summed E-state index contributed by atoms with van der Waals surface area (Å²) in [5.41, 5.74) is 5.35. The molecule has 0 atom stereocenters. The molecule has 0 aliphatic rings. The minimum Gasteiger partial charge on any atom is -0.464 e. The van der Waals surface area contributed by atoms with Gasteiger partial charge in [-0.15, -0.1) is 0 Å². The zero-order valence-corrected chi connectivity index (χ0v) is 10.4. The van der Waals surface area contributed by atoms with Crippen LogP contribution in [0.25, 0.3) is 0 Å². The molecule has 0 aliphatic carbocycles. The Morgan fingerprint density at radius 1 is 1.29 bits per heavy atom. The van der Waals surface area contributed by atoms with Crippen molar-refractivity contribution >= 4 is 35.0 Å². The van der Waals surface area contributed by atoms with E-state index in [4.69, 9.17) is 28.9 Å². The van der Waals surface area contributed by atoms with Crippen molar-refractivity contribution in [1.82, 2.24) is 0 Å². The molecule has 0 bridgehead atoms. The lowest BCUT2D eigenvalue weighted by atomic mass is 10.1. The number of halogens is 2. The van der Waals surface area contributed by atoms with Gasteiger partial charge in [-0.25, -0.2) is 4.79 Å². The van der Waals surface area contributed by atoms with E-state index in [9.17, 15) is 9.59 Å². The largest absolute Gasteiger partial charge is 0.464 e. The highest BCUT2D eigenvalue weighted by Gasteiger charge is 2.10. The highest BCUT2D eigenvalue weighted by atomic mass is 35.5. The smallest absolute Gasteiger partial charge is 0.354 e. The maximum absolute atomic E-state index is 11.7. The number of allylic oxidation sites excluding steroid dienone is 1. The molecule has 1 rings (SSSR count). The van der Waals surface area contributed by atoms with Crippen molar-refractivity contribution < 1.29 is 14.3 Å². The molecule has 2 N–H and O–H groups in total. The summed E-state index contributed by atoms with van der Waals surface area (Å²) in [6.45, 7) is 0. The summed E-state index contributed by atoms with van der Waals surface area (Å²) in [6.07, 6.45) is 0.978. The standard InChI is InChI=1S/C11H9Cl2NO3/c1-17-11(16)9(14)5-10(15)6-2-3-7(12)8(13)4-6/h2-5H,14H2,1H3. The van der Waals surface area contributed by atoms with Gasteiger partial charge in [0.25, 0.3) is 0 Å². The average Bonchev–Trinajstić information content (AvgIpc) is 2.31. The third kappa shape index (κ3) is 3.47. The summed E-state index contributed by atoms with van der Waals surface area (Å²) in [4.78, 5) is 22.7. The van der Waals surface area contributed by atoms with Crippen LogP contribution in [0.5, 0.6) is 0 Å². The van der Waals surface area contributed by atoms with E-state index in [1.54, 1.807) is 0 Å². The fraction of sp³-hybridized carbons (Fsp3) is 0.0909. The molecule has 0 unspecified atom stereocenters. The Kier molecular flexibility index (Phi) is 4.54. The van der Waals surface area contributed by atoms with Gasteiger partial charge in [0.2, 0.25) is 0 Å². The van der Waals surface area contributed by atoms with E-state index >= 15 is 0 Å². The Labute approximate surface area is 108 Å². The Balaban J connectivity index is 2.98. The van der Waals surface area contributed by atoms with Crippen LogP contribution in [-0.2, 0) is 9.53 Å². The van der Waals surface area contributed by atoms with Crippen molar-refractivity contribution in [2.24, 2.45) is 5.73 Å². The lowest BCUT2D eigenvalue weighted by Gasteiger charge is -2.01. The van der Waals surface area contributed by atoms with Gasteiger partial charge in [0.15, 0.2) is 5.78 Å². The number of ether oxygens (including phenoxy) is 1. The van der Waals surface area contributed by atoms with Gasteiger partial charge in [0, 0.05) is 11.6 Å². The number of nitrogens with two attached hydrogens (primary N) is 1. The Morgan fingerprint density at radius 2 is 1.94 bits per heavy atom. The van der Waals surface area contributed by atoms with E-state index in [1.165, 1.54) is 25.3 Å². The number of hydrogen-bond donors (Lipinski definition) is 1. The number of esters is 1. The van der Waals surface area contributed by atoms with Gasteiger partial charge < -0.3 is 10.5 Å². The normalized spacial score (nSPS) is 11.1. The lowest BCUT2D eigenvalue weighted by molar-refractivity contribution is -0.136. The fourth-order valence-corrected chi connectivity index (χ4v) is 1.35. The second-order valence-corrected chi connectivity index (χ2v) is 3.90. The molecule has 0 fully saturated rings. The topological polar surface area (TPSA) is 69.4 Å². The number of methoxy groups -OCH3 is 1. The van der Waals surface area contributed by atoms with E-state index in [0.29, 0.717) is 5.02 Å². The molecule has 17 heavy (non-hydrogen) atoms. The van der Waals surface area contributed by atoms with Crippen molar-refractivity contribution in [3.05, 3.63) is 45.6 Å². The first-order valence-corrected chi connectivity index (χ1v) is 5.26. The summed E-state index contributed by atoms with van der Waals surface area (Å²) in [5, 5.41) is 0.593. The van der Waals surface area contributed by atoms with Crippen molar-refractivity contribution in [3.8, 4) is 0 Å². The first kappa shape index (κ1) is 13.5.